The van der Waals surface area contributed by atoms with Crippen molar-refractivity contribution in [2.45, 2.75) is 156 Å². The minimum atomic E-state index is -1.82. The van der Waals surface area contributed by atoms with Crippen molar-refractivity contribution in [3.63, 3.8) is 0 Å². The van der Waals surface area contributed by atoms with Gasteiger partial charge in [-0.3, -0.25) is 4.79 Å². The molecule has 0 aromatic heterocycles. The van der Waals surface area contributed by atoms with Crippen molar-refractivity contribution in [3.05, 3.63) is 0 Å². The Kier molecular flexibility index (Phi) is 9.48. The van der Waals surface area contributed by atoms with Crippen molar-refractivity contribution in [1.29, 1.82) is 0 Å². The summed E-state index contributed by atoms with van der Waals surface area (Å²) >= 11 is 0. The highest BCUT2D eigenvalue weighted by atomic mass is 28.4. The fourth-order valence-electron chi connectivity index (χ4n) is 10.3. The predicted octanol–water partition coefficient (Wildman–Crippen LogP) is 9.49. The van der Waals surface area contributed by atoms with Gasteiger partial charge >= 0.3 is 0 Å². The van der Waals surface area contributed by atoms with Crippen molar-refractivity contribution in [2.24, 2.45) is 46.3 Å². The molecule has 0 amide bonds. The quantitative estimate of drug-likeness (QED) is 0.245. The Morgan fingerprint density at radius 2 is 1.38 bits per heavy atom. The Bertz CT molecular complexity index is 905. The number of carbonyl (C=O) groups excluding carboxylic acids is 1. The van der Waals surface area contributed by atoms with E-state index < -0.39 is 25.0 Å². The molecule has 4 aliphatic carbocycles. The Hall–Kier alpha value is 0.0406. The van der Waals surface area contributed by atoms with Crippen LogP contribution in [0.2, 0.25) is 58.9 Å². The average Bonchev–Trinajstić information content (AvgIpc) is 3.12. The lowest BCUT2D eigenvalue weighted by atomic mass is 9.43. The van der Waals surface area contributed by atoms with Gasteiger partial charge in [0.15, 0.2) is 16.6 Å². The van der Waals surface area contributed by atoms with Crippen LogP contribution in [0.5, 0.6) is 0 Å². The van der Waals surface area contributed by atoms with E-state index in [1.54, 1.807) is 0 Å². The van der Waals surface area contributed by atoms with Crippen molar-refractivity contribution < 1.29 is 18.1 Å². The highest BCUT2D eigenvalue weighted by Crippen LogP contribution is 2.69. The minimum Gasteiger partial charge on any atom is -0.520 e. The monoisotopic (exact) mass is 608 g/mol. The van der Waals surface area contributed by atoms with E-state index >= 15 is 0 Å². The molecule has 40 heavy (non-hydrogen) atoms. The lowest BCUT2D eigenvalue weighted by Gasteiger charge is -2.64. The SMILES string of the molecule is C[C@H](CCC(=O)O[Si](C)(C)C)[C@H]1CC[C@H]2[C@@H]3[C@H](O[Si](C)(C)C)C[C@@H]4C[C@H](O[Si](C)(C)C)CC[C@]4(C)[C@H]3CC[C@]12C. The van der Waals surface area contributed by atoms with Gasteiger partial charge in [0, 0.05) is 18.6 Å². The lowest BCUT2D eigenvalue weighted by molar-refractivity contribution is -0.168. The molecule has 7 heteroatoms. The molecule has 0 heterocycles. The summed E-state index contributed by atoms with van der Waals surface area (Å²) in [4.78, 5) is 12.6. The van der Waals surface area contributed by atoms with Crippen LogP contribution >= 0.6 is 0 Å². The van der Waals surface area contributed by atoms with Crippen molar-refractivity contribution in [3.8, 4) is 0 Å². The Morgan fingerprint density at radius 3 is 1.98 bits per heavy atom. The van der Waals surface area contributed by atoms with E-state index in [1.807, 2.05) is 0 Å². The standard InChI is InChI=1S/C33H64O4Si3/c1-23(13-16-30(34)37-40(10,11)12)26-14-15-27-31-28(18-20-33(26,27)3)32(2)19-17-25(35-38(4,5)6)21-24(32)22-29(31)36-39(7,8)9/h23-29,31H,13-22H2,1-12H3/t23-,24+,25-,26-,27+,28+,29-,31+,32+,33-/m1/s1. The summed E-state index contributed by atoms with van der Waals surface area (Å²) in [5, 5.41) is 0. The van der Waals surface area contributed by atoms with Gasteiger partial charge in [-0.2, -0.15) is 0 Å². The molecule has 0 aliphatic heterocycles. The molecular weight excluding hydrogens is 545 g/mol. The fourth-order valence-corrected chi connectivity index (χ4v) is 13.4. The molecule has 0 bridgehead atoms. The van der Waals surface area contributed by atoms with Crippen molar-refractivity contribution in [2.75, 3.05) is 0 Å². The van der Waals surface area contributed by atoms with E-state index in [9.17, 15) is 4.79 Å². The molecule has 0 saturated heterocycles. The van der Waals surface area contributed by atoms with Crippen LogP contribution in [-0.4, -0.2) is 43.1 Å². The molecule has 0 radical (unpaired) electrons. The molecule has 10 atom stereocenters. The third-order valence-electron chi connectivity index (χ3n) is 11.6. The van der Waals surface area contributed by atoms with E-state index in [1.165, 1.54) is 51.4 Å². The maximum Gasteiger partial charge on any atom is 0.292 e. The van der Waals surface area contributed by atoms with Crippen LogP contribution in [0.1, 0.15) is 85.0 Å². The molecule has 4 saturated carbocycles. The lowest BCUT2D eigenvalue weighted by Crippen LogP contribution is -2.60. The molecule has 0 spiro atoms. The topological polar surface area (TPSA) is 44.8 Å². The van der Waals surface area contributed by atoms with Crippen LogP contribution < -0.4 is 0 Å². The van der Waals surface area contributed by atoms with E-state index in [0.29, 0.717) is 47.2 Å². The van der Waals surface area contributed by atoms with Gasteiger partial charge < -0.3 is 13.3 Å². The first-order valence-electron chi connectivity index (χ1n) is 16.8. The van der Waals surface area contributed by atoms with Gasteiger partial charge in [-0.1, -0.05) is 20.8 Å². The number of fused-ring (bicyclic) bond motifs is 5. The molecule has 4 aliphatic rings. The minimum absolute atomic E-state index is 0.0259. The van der Waals surface area contributed by atoms with Gasteiger partial charge in [-0.05, 0) is 163 Å². The second-order valence-corrected chi connectivity index (χ2v) is 31.3. The van der Waals surface area contributed by atoms with Gasteiger partial charge in [0.25, 0.3) is 5.97 Å². The van der Waals surface area contributed by atoms with Crippen molar-refractivity contribution >= 4 is 30.9 Å². The summed E-state index contributed by atoms with van der Waals surface area (Å²) in [7, 11) is -5.04. The zero-order chi connectivity index (χ0) is 29.9. The highest BCUT2D eigenvalue weighted by molar-refractivity contribution is 6.71. The van der Waals surface area contributed by atoms with Crippen LogP contribution in [-0.2, 0) is 18.1 Å². The molecule has 4 nitrogen and oxygen atoms in total. The van der Waals surface area contributed by atoms with Crippen LogP contribution in [0.3, 0.4) is 0 Å². The molecule has 0 unspecified atom stereocenters. The smallest absolute Gasteiger partial charge is 0.292 e. The molecule has 232 valence electrons. The summed E-state index contributed by atoms with van der Waals surface area (Å²) in [5.74, 6) is 4.24. The average molecular weight is 609 g/mol. The molecular formula is C33H64O4Si3. The van der Waals surface area contributed by atoms with Crippen LogP contribution in [0, 0.1) is 46.3 Å². The number of rotatable bonds is 9. The highest BCUT2D eigenvalue weighted by Gasteiger charge is 2.63. The van der Waals surface area contributed by atoms with Gasteiger partial charge in [-0.25, -0.2) is 0 Å². The van der Waals surface area contributed by atoms with E-state index in [4.69, 9.17) is 13.3 Å². The van der Waals surface area contributed by atoms with E-state index in [0.717, 1.165) is 24.2 Å². The van der Waals surface area contributed by atoms with Gasteiger partial charge in [0.05, 0.1) is 0 Å². The fraction of sp³-hybridized carbons (Fsp3) is 0.970. The van der Waals surface area contributed by atoms with E-state index in [2.05, 4.69) is 79.7 Å². The molecule has 4 fully saturated rings. The normalized spacial score (nSPS) is 41.0. The van der Waals surface area contributed by atoms with E-state index in [-0.39, 0.29) is 5.97 Å². The zero-order valence-electron chi connectivity index (χ0n) is 28.3. The number of carbonyl (C=O) groups is 1. The Labute approximate surface area is 250 Å². The van der Waals surface area contributed by atoms with Gasteiger partial charge in [-0.15, -0.1) is 0 Å². The predicted molar refractivity (Wildman–Crippen MR) is 175 cm³/mol. The third-order valence-corrected chi connectivity index (χ3v) is 14.5. The Balaban J connectivity index is 1.54. The zero-order valence-corrected chi connectivity index (χ0v) is 31.3. The first-order chi connectivity index (χ1) is 18.2. The summed E-state index contributed by atoms with van der Waals surface area (Å²) < 4.78 is 19.7. The first kappa shape index (κ1) is 32.9. The summed E-state index contributed by atoms with van der Waals surface area (Å²) in [6.45, 7) is 28.3. The third kappa shape index (κ3) is 7.22. The summed E-state index contributed by atoms with van der Waals surface area (Å²) in [6, 6.07) is 0. The molecule has 0 N–H and O–H groups in total. The first-order valence-corrected chi connectivity index (χ1v) is 27.0. The molecule has 0 aromatic rings. The maximum atomic E-state index is 12.6. The molecule has 4 rings (SSSR count). The second kappa shape index (κ2) is 11.5. The Morgan fingerprint density at radius 1 is 0.775 bits per heavy atom. The summed E-state index contributed by atoms with van der Waals surface area (Å²) in [6.07, 6.45) is 12.8. The van der Waals surface area contributed by atoms with Crippen molar-refractivity contribution in [1.82, 2.24) is 0 Å². The second-order valence-electron chi connectivity index (χ2n) is 18.0. The van der Waals surface area contributed by atoms with Gasteiger partial charge in [0.2, 0.25) is 8.32 Å². The van der Waals surface area contributed by atoms with Gasteiger partial charge in [0.1, 0.15) is 0 Å². The van der Waals surface area contributed by atoms with Crippen LogP contribution in [0.4, 0.5) is 0 Å². The van der Waals surface area contributed by atoms with Crippen LogP contribution in [0.15, 0.2) is 0 Å². The molecule has 0 aromatic carbocycles. The number of hydrogen-bond donors (Lipinski definition) is 0. The van der Waals surface area contributed by atoms with Crippen LogP contribution in [0.25, 0.3) is 0 Å². The maximum absolute atomic E-state index is 12.6. The number of hydrogen-bond acceptors (Lipinski definition) is 4. The summed E-state index contributed by atoms with van der Waals surface area (Å²) in [5.41, 5.74) is 0.792. The largest absolute Gasteiger partial charge is 0.520 e.